The Bertz CT molecular complexity index is 665. The summed E-state index contributed by atoms with van der Waals surface area (Å²) in [5.74, 6) is 0.439. The lowest BCUT2D eigenvalue weighted by molar-refractivity contribution is 0.102. The molecule has 21 heavy (non-hydrogen) atoms. The Morgan fingerprint density at radius 1 is 1.33 bits per heavy atom. The Morgan fingerprint density at radius 2 is 2.00 bits per heavy atom. The van der Waals surface area contributed by atoms with Crippen LogP contribution in [0.2, 0.25) is 0 Å². The van der Waals surface area contributed by atoms with Crippen LogP contribution in [-0.4, -0.2) is 36.3 Å². The largest absolute Gasteiger partial charge is 0.343 e. The summed E-state index contributed by atoms with van der Waals surface area (Å²) in [6.45, 7) is 10.5. The molecule has 2 aromatic rings. The highest BCUT2D eigenvalue weighted by atomic mass is 32.2. The lowest BCUT2D eigenvalue weighted by Gasteiger charge is -2.25. The number of Topliss-reactive ketones (excluding diaryl/α,β-unsaturated/α-hetero) is 1. The molecule has 0 N–H and O–H groups in total. The summed E-state index contributed by atoms with van der Waals surface area (Å²) in [5.41, 5.74) is 2.87. The van der Waals surface area contributed by atoms with Gasteiger partial charge in [0.2, 0.25) is 5.16 Å². The van der Waals surface area contributed by atoms with Gasteiger partial charge < -0.3 is 4.57 Å². The number of thioether (sulfide) groups is 1. The number of aryl methyl sites for hydroxylation is 2. The number of carbonyl (C=O) groups excluding carboxylic acids is 1. The van der Waals surface area contributed by atoms with Crippen LogP contribution < -0.4 is 0 Å². The molecule has 0 radical (unpaired) electrons. The van der Waals surface area contributed by atoms with Crippen LogP contribution in [0.25, 0.3) is 0 Å². The van der Waals surface area contributed by atoms with Crippen LogP contribution in [0.5, 0.6) is 0 Å². The Balaban J connectivity index is 2.19. The maximum Gasteiger partial charge on any atom is 0.209 e. The molecule has 2 heterocycles. The summed E-state index contributed by atoms with van der Waals surface area (Å²) >= 11 is 1.36. The van der Waals surface area contributed by atoms with Crippen LogP contribution in [0.3, 0.4) is 0 Å². The van der Waals surface area contributed by atoms with E-state index in [-0.39, 0.29) is 11.3 Å². The van der Waals surface area contributed by atoms with E-state index < -0.39 is 0 Å². The summed E-state index contributed by atoms with van der Waals surface area (Å²) in [6.07, 6.45) is 0. The number of nitrogens with zero attached hydrogens (tertiary/aromatic N) is 5. The van der Waals surface area contributed by atoms with Crippen molar-refractivity contribution >= 4 is 17.5 Å². The summed E-state index contributed by atoms with van der Waals surface area (Å²) in [6, 6.07) is 1.97. The highest BCUT2D eigenvalue weighted by Gasteiger charge is 2.22. The fourth-order valence-corrected chi connectivity index (χ4v) is 3.36. The second-order valence-electron chi connectivity index (χ2n) is 6.09. The van der Waals surface area contributed by atoms with E-state index >= 15 is 0 Å². The predicted molar refractivity (Wildman–Crippen MR) is 82.8 cm³/mol. The van der Waals surface area contributed by atoms with Crippen molar-refractivity contribution in [2.75, 3.05) is 5.75 Å². The first kappa shape index (κ1) is 15.8. The van der Waals surface area contributed by atoms with Gasteiger partial charge in [0.1, 0.15) is 0 Å². The number of hydrogen-bond donors (Lipinski definition) is 0. The number of hydrogen-bond acceptors (Lipinski definition) is 5. The fraction of sp³-hybridized carbons (Fsp3) is 0.571. The smallest absolute Gasteiger partial charge is 0.209 e. The lowest BCUT2D eigenvalue weighted by Crippen LogP contribution is -2.24. The molecule has 6 nitrogen and oxygen atoms in total. The van der Waals surface area contributed by atoms with Crippen molar-refractivity contribution in [2.24, 2.45) is 7.05 Å². The molecule has 0 fully saturated rings. The van der Waals surface area contributed by atoms with Gasteiger partial charge in [0.25, 0.3) is 0 Å². The van der Waals surface area contributed by atoms with Gasteiger partial charge in [-0.2, -0.15) is 0 Å². The first-order valence-electron chi connectivity index (χ1n) is 6.79. The minimum atomic E-state index is -0.0344. The van der Waals surface area contributed by atoms with Gasteiger partial charge in [0.05, 0.1) is 5.75 Å². The third kappa shape index (κ3) is 3.18. The molecular formula is C14H21N5OS. The van der Waals surface area contributed by atoms with Crippen molar-refractivity contribution in [3.05, 3.63) is 23.0 Å². The van der Waals surface area contributed by atoms with E-state index in [1.807, 2.05) is 19.9 Å². The lowest BCUT2D eigenvalue weighted by atomic mass is 10.1. The van der Waals surface area contributed by atoms with Gasteiger partial charge in [-0.25, -0.2) is 4.68 Å². The summed E-state index contributed by atoms with van der Waals surface area (Å²) in [7, 11) is 1.76. The first-order valence-corrected chi connectivity index (χ1v) is 7.78. The molecule has 114 valence electrons. The molecule has 0 bridgehead atoms. The summed E-state index contributed by atoms with van der Waals surface area (Å²) in [5, 5.41) is 11.8. The fourth-order valence-electron chi connectivity index (χ4n) is 2.63. The molecule has 0 amide bonds. The van der Waals surface area contributed by atoms with Crippen molar-refractivity contribution in [1.82, 2.24) is 24.8 Å². The second-order valence-corrected chi connectivity index (χ2v) is 7.03. The van der Waals surface area contributed by atoms with Gasteiger partial charge in [0, 0.05) is 29.5 Å². The topological polar surface area (TPSA) is 65.6 Å². The quantitative estimate of drug-likeness (QED) is 0.641. The molecule has 2 rings (SSSR count). The van der Waals surface area contributed by atoms with E-state index in [1.165, 1.54) is 11.8 Å². The zero-order valence-electron chi connectivity index (χ0n) is 13.3. The van der Waals surface area contributed by atoms with Gasteiger partial charge in [-0.3, -0.25) is 4.79 Å². The van der Waals surface area contributed by atoms with Gasteiger partial charge >= 0.3 is 0 Å². The van der Waals surface area contributed by atoms with Gasteiger partial charge in [-0.05, 0) is 51.1 Å². The zero-order chi connectivity index (χ0) is 15.8. The van der Waals surface area contributed by atoms with Crippen LogP contribution in [-0.2, 0) is 12.6 Å². The molecule has 0 aliphatic rings. The Labute approximate surface area is 128 Å². The normalized spacial score (nSPS) is 11.9. The Morgan fingerprint density at radius 3 is 2.48 bits per heavy atom. The predicted octanol–water partition coefficient (Wildman–Crippen LogP) is 2.36. The van der Waals surface area contributed by atoms with E-state index in [4.69, 9.17) is 0 Å². The van der Waals surface area contributed by atoms with E-state index in [2.05, 4.69) is 40.9 Å². The second kappa shape index (κ2) is 5.63. The molecule has 7 heteroatoms. The third-order valence-corrected chi connectivity index (χ3v) is 4.33. The van der Waals surface area contributed by atoms with Gasteiger partial charge in [0.15, 0.2) is 5.78 Å². The molecule has 0 unspecified atom stereocenters. The van der Waals surface area contributed by atoms with Crippen LogP contribution in [0, 0.1) is 13.8 Å². The molecule has 0 atom stereocenters. The number of tetrazole rings is 1. The SMILES string of the molecule is Cc1cc(C(=O)CSc2nnnn2C)c(C)n1C(C)(C)C. The number of carbonyl (C=O) groups is 1. The van der Waals surface area contributed by atoms with Crippen molar-refractivity contribution in [1.29, 1.82) is 0 Å². The maximum absolute atomic E-state index is 12.5. The first-order chi connectivity index (χ1) is 9.71. The molecule has 0 spiro atoms. The van der Waals surface area contributed by atoms with E-state index in [0.29, 0.717) is 10.9 Å². The van der Waals surface area contributed by atoms with Crippen molar-refractivity contribution < 1.29 is 4.79 Å². The van der Waals surface area contributed by atoms with Crippen LogP contribution in [0.1, 0.15) is 42.5 Å². The minimum absolute atomic E-state index is 0.0344. The standard InChI is InChI=1S/C14H21N5OS/c1-9-7-11(10(2)19(9)14(3,4)5)12(20)8-21-13-15-16-17-18(13)6/h7H,8H2,1-6H3. The number of rotatable bonds is 4. The van der Waals surface area contributed by atoms with Crippen molar-refractivity contribution in [3.8, 4) is 0 Å². The van der Waals surface area contributed by atoms with E-state index in [1.54, 1.807) is 11.7 Å². The molecule has 0 aromatic carbocycles. The van der Waals surface area contributed by atoms with Crippen LogP contribution in [0.4, 0.5) is 0 Å². The van der Waals surface area contributed by atoms with Crippen molar-refractivity contribution in [2.45, 2.75) is 45.3 Å². The summed E-state index contributed by atoms with van der Waals surface area (Å²) < 4.78 is 3.77. The highest BCUT2D eigenvalue weighted by Crippen LogP contribution is 2.26. The number of ketones is 1. The zero-order valence-corrected chi connectivity index (χ0v) is 14.2. The van der Waals surface area contributed by atoms with Gasteiger partial charge in [-0.1, -0.05) is 11.8 Å². The minimum Gasteiger partial charge on any atom is -0.343 e. The van der Waals surface area contributed by atoms with Gasteiger partial charge in [-0.15, -0.1) is 5.10 Å². The molecule has 0 saturated heterocycles. The summed E-state index contributed by atoms with van der Waals surface area (Å²) in [4.78, 5) is 12.5. The Hall–Kier alpha value is -1.63. The number of aromatic nitrogens is 5. The molecule has 0 saturated carbocycles. The van der Waals surface area contributed by atoms with Crippen LogP contribution in [0.15, 0.2) is 11.2 Å². The van der Waals surface area contributed by atoms with Crippen molar-refractivity contribution in [3.63, 3.8) is 0 Å². The molecule has 2 aromatic heterocycles. The molecular weight excluding hydrogens is 286 g/mol. The average Bonchev–Trinajstić information content (AvgIpc) is 2.89. The molecule has 0 aliphatic heterocycles. The van der Waals surface area contributed by atoms with E-state index in [9.17, 15) is 4.79 Å². The third-order valence-electron chi connectivity index (χ3n) is 3.32. The Kier molecular flexibility index (Phi) is 4.22. The monoisotopic (exact) mass is 307 g/mol. The van der Waals surface area contributed by atoms with E-state index in [0.717, 1.165) is 17.0 Å². The highest BCUT2D eigenvalue weighted by molar-refractivity contribution is 7.99. The van der Waals surface area contributed by atoms with Crippen LogP contribution >= 0.6 is 11.8 Å². The maximum atomic E-state index is 12.5. The molecule has 0 aliphatic carbocycles. The average molecular weight is 307 g/mol.